The molecule has 1 saturated heterocycles. The molecule has 3 fully saturated rings. The predicted octanol–water partition coefficient (Wildman–Crippen LogP) is 2.33. The average Bonchev–Trinajstić information content (AvgIpc) is 3.04. The molecule has 1 heterocycles. The molecular weight excluding hydrogens is 264 g/mol. The monoisotopic (exact) mass is 292 g/mol. The van der Waals surface area contributed by atoms with E-state index in [1.54, 1.807) is 0 Å². The zero-order valence-electron chi connectivity index (χ0n) is 13.5. The predicted molar refractivity (Wildman–Crippen MR) is 81.6 cm³/mol. The zero-order valence-corrected chi connectivity index (χ0v) is 13.5. The highest BCUT2D eigenvalue weighted by Gasteiger charge is 2.49. The van der Waals surface area contributed by atoms with Crippen LogP contribution in [0.1, 0.15) is 59.3 Å². The SMILES string of the molecule is CCCC1NC(=O)C(C)(C)N(CC2CC3CCC2C3)C1=O. The molecule has 4 unspecified atom stereocenters. The summed E-state index contributed by atoms with van der Waals surface area (Å²) < 4.78 is 0. The van der Waals surface area contributed by atoms with E-state index in [2.05, 4.69) is 12.2 Å². The van der Waals surface area contributed by atoms with Gasteiger partial charge in [-0.2, -0.15) is 0 Å². The number of carbonyl (C=O) groups excluding carboxylic acids is 2. The van der Waals surface area contributed by atoms with Crippen LogP contribution in [0.5, 0.6) is 0 Å². The van der Waals surface area contributed by atoms with Crippen LogP contribution in [-0.2, 0) is 9.59 Å². The van der Waals surface area contributed by atoms with Crippen molar-refractivity contribution < 1.29 is 9.59 Å². The molecule has 0 aromatic carbocycles. The van der Waals surface area contributed by atoms with Gasteiger partial charge >= 0.3 is 0 Å². The Morgan fingerprint density at radius 2 is 2.00 bits per heavy atom. The van der Waals surface area contributed by atoms with Gasteiger partial charge in [-0.05, 0) is 57.3 Å². The van der Waals surface area contributed by atoms with Gasteiger partial charge in [0.25, 0.3) is 0 Å². The summed E-state index contributed by atoms with van der Waals surface area (Å²) in [6.07, 6.45) is 6.95. The van der Waals surface area contributed by atoms with E-state index in [0.29, 0.717) is 5.92 Å². The molecule has 1 aliphatic heterocycles. The Labute approximate surface area is 127 Å². The van der Waals surface area contributed by atoms with Crippen molar-refractivity contribution in [1.82, 2.24) is 10.2 Å². The molecular formula is C17H28N2O2. The van der Waals surface area contributed by atoms with Crippen LogP contribution in [0.3, 0.4) is 0 Å². The van der Waals surface area contributed by atoms with Crippen molar-refractivity contribution in [3.63, 3.8) is 0 Å². The molecule has 1 N–H and O–H groups in total. The van der Waals surface area contributed by atoms with Crippen LogP contribution in [0, 0.1) is 17.8 Å². The summed E-state index contributed by atoms with van der Waals surface area (Å²) in [5, 5.41) is 2.92. The van der Waals surface area contributed by atoms with E-state index >= 15 is 0 Å². The third-order valence-electron chi connectivity index (χ3n) is 5.98. The van der Waals surface area contributed by atoms with E-state index in [0.717, 1.165) is 31.2 Å². The maximum absolute atomic E-state index is 12.8. The third-order valence-corrected chi connectivity index (χ3v) is 5.98. The lowest BCUT2D eigenvalue weighted by Crippen LogP contribution is -2.69. The molecule has 2 amide bonds. The number of rotatable bonds is 4. The lowest BCUT2D eigenvalue weighted by molar-refractivity contribution is -0.156. The number of hydrogen-bond donors (Lipinski definition) is 1. The molecule has 2 aliphatic carbocycles. The molecule has 4 nitrogen and oxygen atoms in total. The zero-order chi connectivity index (χ0) is 15.2. The van der Waals surface area contributed by atoms with Gasteiger partial charge < -0.3 is 10.2 Å². The standard InChI is InChI=1S/C17H28N2O2/c1-4-5-14-15(20)19(17(2,3)16(21)18-14)10-13-9-11-6-7-12(13)8-11/h11-14H,4-10H2,1-3H3,(H,18,21). The summed E-state index contributed by atoms with van der Waals surface area (Å²) in [7, 11) is 0. The normalized spacial score (nSPS) is 38.0. The van der Waals surface area contributed by atoms with Gasteiger partial charge in [0.05, 0.1) is 0 Å². The minimum atomic E-state index is -0.705. The molecule has 4 heteroatoms. The fourth-order valence-electron chi connectivity index (χ4n) is 4.62. The average molecular weight is 292 g/mol. The molecule has 0 radical (unpaired) electrons. The van der Waals surface area contributed by atoms with Crippen molar-refractivity contribution in [3.05, 3.63) is 0 Å². The Hall–Kier alpha value is -1.06. The highest BCUT2D eigenvalue weighted by atomic mass is 16.2. The first kappa shape index (κ1) is 14.9. The number of piperazine rings is 1. The van der Waals surface area contributed by atoms with E-state index in [4.69, 9.17) is 0 Å². The van der Waals surface area contributed by atoms with Gasteiger partial charge in [-0.1, -0.05) is 19.8 Å². The first-order valence-electron chi connectivity index (χ1n) is 8.56. The van der Waals surface area contributed by atoms with Crippen LogP contribution in [-0.4, -0.2) is 34.8 Å². The number of amides is 2. The molecule has 0 aromatic heterocycles. The molecule has 118 valence electrons. The number of nitrogens with zero attached hydrogens (tertiary/aromatic N) is 1. The van der Waals surface area contributed by atoms with Gasteiger partial charge in [0.1, 0.15) is 11.6 Å². The molecule has 0 spiro atoms. The topological polar surface area (TPSA) is 49.4 Å². The maximum atomic E-state index is 12.8. The second kappa shape index (κ2) is 5.29. The highest BCUT2D eigenvalue weighted by molar-refractivity contribution is 5.99. The lowest BCUT2D eigenvalue weighted by atomic mass is 9.85. The highest BCUT2D eigenvalue weighted by Crippen LogP contribution is 2.49. The summed E-state index contributed by atoms with van der Waals surface area (Å²) in [4.78, 5) is 27.1. The van der Waals surface area contributed by atoms with E-state index < -0.39 is 5.54 Å². The van der Waals surface area contributed by atoms with Gasteiger partial charge in [-0.3, -0.25) is 9.59 Å². The van der Waals surface area contributed by atoms with Crippen LogP contribution in [0.15, 0.2) is 0 Å². The van der Waals surface area contributed by atoms with Crippen molar-refractivity contribution in [2.75, 3.05) is 6.54 Å². The van der Waals surface area contributed by atoms with E-state index in [9.17, 15) is 9.59 Å². The molecule has 0 aromatic rings. The number of fused-ring (bicyclic) bond motifs is 2. The molecule has 3 aliphatic rings. The summed E-state index contributed by atoms with van der Waals surface area (Å²) in [6, 6.07) is -0.311. The number of hydrogen-bond acceptors (Lipinski definition) is 2. The summed E-state index contributed by atoms with van der Waals surface area (Å²) in [6.45, 7) is 6.60. The summed E-state index contributed by atoms with van der Waals surface area (Å²) in [5.41, 5.74) is -0.705. The number of carbonyl (C=O) groups is 2. The second-order valence-corrected chi connectivity index (χ2v) is 7.76. The summed E-state index contributed by atoms with van der Waals surface area (Å²) in [5.74, 6) is 2.41. The maximum Gasteiger partial charge on any atom is 0.246 e. The fraction of sp³-hybridized carbons (Fsp3) is 0.882. The lowest BCUT2D eigenvalue weighted by Gasteiger charge is -2.46. The Morgan fingerprint density at radius 3 is 2.57 bits per heavy atom. The van der Waals surface area contributed by atoms with Crippen molar-refractivity contribution in [3.8, 4) is 0 Å². The van der Waals surface area contributed by atoms with E-state index in [1.807, 2.05) is 18.7 Å². The van der Waals surface area contributed by atoms with Crippen molar-refractivity contribution in [1.29, 1.82) is 0 Å². The summed E-state index contributed by atoms with van der Waals surface area (Å²) >= 11 is 0. The Morgan fingerprint density at radius 1 is 1.24 bits per heavy atom. The van der Waals surface area contributed by atoms with E-state index in [1.165, 1.54) is 25.7 Å². The van der Waals surface area contributed by atoms with Gasteiger partial charge in [0.15, 0.2) is 0 Å². The van der Waals surface area contributed by atoms with Crippen molar-refractivity contribution in [2.24, 2.45) is 17.8 Å². The van der Waals surface area contributed by atoms with Crippen LogP contribution in [0.4, 0.5) is 0 Å². The van der Waals surface area contributed by atoms with Gasteiger partial charge in [-0.15, -0.1) is 0 Å². The quantitative estimate of drug-likeness (QED) is 0.864. The van der Waals surface area contributed by atoms with Crippen LogP contribution in [0.2, 0.25) is 0 Å². The molecule has 3 rings (SSSR count). The van der Waals surface area contributed by atoms with Crippen molar-refractivity contribution >= 4 is 11.8 Å². The van der Waals surface area contributed by atoms with Crippen LogP contribution >= 0.6 is 0 Å². The molecule has 2 saturated carbocycles. The molecule has 4 atom stereocenters. The molecule has 21 heavy (non-hydrogen) atoms. The van der Waals surface area contributed by atoms with Crippen molar-refractivity contribution in [2.45, 2.75) is 70.9 Å². The minimum Gasteiger partial charge on any atom is -0.342 e. The Balaban J connectivity index is 1.76. The Kier molecular flexibility index (Phi) is 3.74. The minimum absolute atomic E-state index is 0.00343. The largest absolute Gasteiger partial charge is 0.342 e. The fourth-order valence-corrected chi connectivity index (χ4v) is 4.62. The smallest absolute Gasteiger partial charge is 0.246 e. The van der Waals surface area contributed by atoms with Gasteiger partial charge in [0.2, 0.25) is 11.8 Å². The first-order chi connectivity index (χ1) is 9.93. The van der Waals surface area contributed by atoms with Crippen LogP contribution < -0.4 is 5.32 Å². The third kappa shape index (κ3) is 2.47. The Bertz CT molecular complexity index is 446. The second-order valence-electron chi connectivity index (χ2n) is 7.76. The van der Waals surface area contributed by atoms with Gasteiger partial charge in [0, 0.05) is 6.54 Å². The van der Waals surface area contributed by atoms with Crippen LogP contribution in [0.25, 0.3) is 0 Å². The van der Waals surface area contributed by atoms with E-state index in [-0.39, 0.29) is 17.9 Å². The number of nitrogens with one attached hydrogen (secondary N) is 1. The first-order valence-corrected chi connectivity index (χ1v) is 8.56. The van der Waals surface area contributed by atoms with Gasteiger partial charge in [-0.25, -0.2) is 0 Å². The molecule has 2 bridgehead atoms.